The summed E-state index contributed by atoms with van der Waals surface area (Å²) in [5, 5.41) is 2.99. The molecule has 2 saturated heterocycles. The molecule has 2 aliphatic heterocycles. The topological polar surface area (TPSA) is 69.7 Å². The van der Waals surface area contributed by atoms with Gasteiger partial charge in [0.2, 0.25) is 10.0 Å². The fourth-order valence-electron chi connectivity index (χ4n) is 3.82. The predicted octanol–water partition coefficient (Wildman–Crippen LogP) is 2.95. The third-order valence-electron chi connectivity index (χ3n) is 5.45. The lowest BCUT2D eigenvalue weighted by atomic mass is 9.98. The van der Waals surface area contributed by atoms with E-state index in [-0.39, 0.29) is 11.8 Å². The minimum Gasteiger partial charge on any atom is -0.334 e. The maximum atomic E-state index is 12.5. The van der Waals surface area contributed by atoms with Gasteiger partial charge in [0, 0.05) is 26.2 Å². The smallest absolute Gasteiger partial charge is 0.317 e. The van der Waals surface area contributed by atoms with Gasteiger partial charge in [-0.15, -0.1) is 0 Å². The Morgan fingerprint density at radius 2 is 2.04 bits per heavy atom. The zero-order chi connectivity index (χ0) is 18.6. The highest BCUT2D eigenvalue weighted by molar-refractivity contribution is 7.93. The average molecular weight is 380 g/mol. The van der Waals surface area contributed by atoms with E-state index in [9.17, 15) is 13.2 Å². The van der Waals surface area contributed by atoms with Gasteiger partial charge in [-0.2, -0.15) is 0 Å². The van der Waals surface area contributed by atoms with E-state index in [1.165, 1.54) is 17.1 Å². The number of nitrogens with zero attached hydrogens (tertiary/aromatic N) is 2. The molecule has 1 aromatic carbocycles. The number of carbonyl (C=O) groups is 1. The Balaban J connectivity index is 1.58. The molecule has 2 amide bonds. The molecule has 26 heavy (non-hydrogen) atoms. The maximum absolute atomic E-state index is 12.5. The number of likely N-dealkylation sites (tertiary alicyclic amines) is 1. The van der Waals surface area contributed by atoms with Crippen molar-refractivity contribution < 1.29 is 13.2 Å². The van der Waals surface area contributed by atoms with E-state index in [1.807, 2.05) is 29.2 Å². The van der Waals surface area contributed by atoms with Crippen LogP contribution < -0.4 is 9.62 Å². The van der Waals surface area contributed by atoms with Gasteiger partial charge in [-0.05, 0) is 49.3 Å². The van der Waals surface area contributed by atoms with Crippen molar-refractivity contribution in [1.82, 2.24) is 10.2 Å². The Hall–Kier alpha value is -1.76. The van der Waals surface area contributed by atoms with E-state index in [0.717, 1.165) is 37.4 Å². The number of carbonyl (C=O) groups excluding carboxylic acids is 1. The molecule has 3 rings (SSSR count). The van der Waals surface area contributed by atoms with Gasteiger partial charge < -0.3 is 10.2 Å². The molecule has 0 bridgehead atoms. The molecule has 0 aromatic heterocycles. The largest absolute Gasteiger partial charge is 0.334 e. The molecule has 2 aliphatic rings. The van der Waals surface area contributed by atoms with E-state index in [0.29, 0.717) is 25.2 Å². The van der Waals surface area contributed by atoms with Gasteiger partial charge in [-0.1, -0.05) is 25.5 Å². The molecule has 144 valence electrons. The first-order valence-corrected chi connectivity index (χ1v) is 11.2. The van der Waals surface area contributed by atoms with Gasteiger partial charge in [0.05, 0.1) is 11.4 Å². The molecular formula is C19H29N3O3S. The molecule has 1 aromatic rings. The van der Waals surface area contributed by atoms with Crippen LogP contribution >= 0.6 is 0 Å². The Labute approximate surface area is 156 Å². The first-order valence-electron chi connectivity index (χ1n) is 9.61. The number of urea groups is 1. The number of benzene rings is 1. The van der Waals surface area contributed by atoms with Crippen LogP contribution in [0.15, 0.2) is 24.3 Å². The van der Waals surface area contributed by atoms with Crippen molar-refractivity contribution in [3.63, 3.8) is 0 Å². The first kappa shape index (κ1) is 19.0. The Bertz CT molecular complexity index is 735. The maximum Gasteiger partial charge on any atom is 0.317 e. The molecule has 7 heteroatoms. The summed E-state index contributed by atoms with van der Waals surface area (Å²) in [7, 11) is -3.18. The molecule has 0 saturated carbocycles. The lowest BCUT2D eigenvalue weighted by molar-refractivity contribution is 0.198. The summed E-state index contributed by atoms with van der Waals surface area (Å²) in [5.74, 6) is 0.939. The van der Waals surface area contributed by atoms with Crippen LogP contribution in [0.4, 0.5) is 10.5 Å². The van der Waals surface area contributed by atoms with Crippen molar-refractivity contribution >= 4 is 21.7 Å². The van der Waals surface area contributed by atoms with Crippen LogP contribution in [0.3, 0.4) is 0 Å². The lowest BCUT2D eigenvalue weighted by Crippen LogP contribution is -2.40. The van der Waals surface area contributed by atoms with E-state index < -0.39 is 10.0 Å². The number of anilines is 1. The lowest BCUT2D eigenvalue weighted by Gasteiger charge is -2.22. The summed E-state index contributed by atoms with van der Waals surface area (Å²) in [6.07, 6.45) is 5.19. The number of amides is 2. The summed E-state index contributed by atoms with van der Waals surface area (Å²) in [4.78, 5) is 14.4. The van der Waals surface area contributed by atoms with Crippen LogP contribution in [0.25, 0.3) is 0 Å². The molecule has 0 radical (unpaired) electrons. The second kappa shape index (κ2) is 8.29. The highest BCUT2D eigenvalue weighted by Gasteiger charge is 2.28. The molecule has 0 aliphatic carbocycles. The number of nitrogens with one attached hydrogen (secondary N) is 1. The number of rotatable bonds is 4. The molecule has 2 fully saturated rings. The van der Waals surface area contributed by atoms with Gasteiger partial charge in [0.15, 0.2) is 0 Å². The molecule has 6 nitrogen and oxygen atoms in total. The summed E-state index contributed by atoms with van der Waals surface area (Å²) in [6.45, 7) is 4.79. The van der Waals surface area contributed by atoms with Crippen molar-refractivity contribution in [3.8, 4) is 0 Å². The fourth-order valence-corrected chi connectivity index (χ4v) is 5.37. The van der Waals surface area contributed by atoms with Gasteiger partial charge in [-0.3, -0.25) is 4.31 Å². The van der Waals surface area contributed by atoms with Crippen LogP contribution in [0.5, 0.6) is 0 Å². The molecule has 2 heterocycles. The highest BCUT2D eigenvalue weighted by Crippen LogP contribution is 2.25. The average Bonchev–Trinajstić information content (AvgIpc) is 2.84. The Morgan fingerprint density at radius 3 is 2.77 bits per heavy atom. The van der Waals surface area contributed by atoms with E-state index in [4.69, 9.17) is 0 Å². The van der Waals surface area contributed by atoms with Crippen LogP contribution in [0, 0.1) is 5.92 Å². The van der Waals surface area contributed by atoms with E-state index in [2.05, 4.69) is 12.2 Å². The predicted molar refractivity (Wildman–Crippen MR) is 104 cm³/mol. The first-order chi connectivity index (χ1) is 12.5. The van der Waals surface area contributed by atoms with Crippen molar-refractivity contribution in [2.24, 2.45) is 5.92 Å². The van der Waals surface area contributed by atoms with Gasteiger partial charge >= 0.3 is 6.03 Å². The van der Waals surface area contributed by atoms with E-state index >= 15 is 0 Å². The van der Waals surface area contributed by atoms with Gasteiger partial charge in [-0.25, -0.2) is 13.2 Å². The molecule has 0 spiro atoms. The SMILES string of the molecule is CCC1CCCN(C(=O)NCc2cccc(N3CCCS3(=O)=O)c2)CC1. The minimum atomic E-state index is -3.18. The van der Waals surface area contributed by atoms with Crippen molar-refractivity contribution in [3.05, 3.63) is 29.8 Å². The summed E-state index contributed by atoms with van der Waals surface area (Å²) in [5.41, 5.74) is 1.61. The van der Waals surface area contributed by atoms with Crippen LogP contribution in [-0.2, 0) is 16.6 Å². The molecule has 1 unspecified atom stereocenters. The Morgan fingerprint density at radius 1 is 1.19 bits per heavy atom. The molecule has 1 atom stereocenters. The number of sulfonamides is 1. The zero-order valence-electron chi connectivity index (χ0n) is 15.5. The zero-order valence-corrected chi connectivity index (χ0v) is 16.3. The second-order valence-corrected chi connectivity index (χ2v) is 9.28. The third kappa shape index (κ3) is 4.50. The Kier molecular flexibility index (Phi) is 6.06. The normalized spacial score (nSPS) is 22.9. The monoisotopic (exact) mass is 379 g/mol. The number of hydrogen-bond acceptors (Lipinski definition) is 3. The second-order valence-electron chi connectivity index (χ2n) is 7.26. The number of hydrogen-bond donors (Lipinski definition) is 1. The van der Waals surface area contributed by atoms with Crippen LogP contribution in [-0.4, -0.2) is 44.7 Å². The van der Waals surface area contributed by atoms with Gasteiger partial charge in [0.25, 0.3) is 0 Å². The van der Waals surface area contributed by atoms with Crippen molar-refractivity contribution in [2.45, 2.75) is 45.6 Å². The summed E-state index contributed by atoms with van der Waals surface area (Å²) < 4.78 is 25.6. The fraction of sp³-hybridized carbons (Fsp3) is 0.632. The third-order valence-corrected chi connectivity index (χ3v) is 7.32. The van der Waals surface area contributed by atoms with Gasteiger partial charge in [0.1, 0.15) is 0 Å². The quantitative estimate of drug-likeness (QED) is 0.874. The standard InChI is InChI=1S/C19H29N3O3S/c1-2-16-7-4-10-21(12-9-16)19(23)20-15-17-6-3-8-18(14-17)22-11-5-13-26(22,24)25/h3,6,8,14,16H,2,4-5,7,9-13,15H2,1H3,(H,20,23). The van der Waals surface area contributed by atoms with E-state index in [1.54, 1.807) is 0 Å². The van der Waals surface area contributed by atoms with Crippen LogP contribution in [0.2, 0.25) is 0 Å². The summed E-state index contributed by atoms with van der Waals surface area (Å²) in [6, 6.07) is 7.41. The minimum absolute atomic E-state index is 0.0269. The summed E-state index contributed by atoms with van der Waals surface area (Å²) >= 11 is 0. The highest BCUT2D eigenvalue weighted by atomic mass is 32.2. The molecular weight excluding hydrogens is 350 g/mol. The van der Waals surface area contributed by atoms with Crippen LogP contribution in [0.1, 0.15) is 44.6 Å². The van der Waals surface area contributed by atoms with Crippen molar-refractivity contribution in [2.75, 3.05) is 29.7 Å². The van der Waals surface area contributed by atoms with Crippen molar-refractivity contribution in [1.29, 1.82) is 0 Å². The molecule has 1 N–H and O–H groups in total.